The van der Waals surface area contributed by atoms with E-state index in [-0.39, 0.29) is 20.0 Å². The van der Waals surface area contributed by atoms with E-state index in [9.17, 15) is 5.11 Å². The number of aromatic hydroxyl groups is 1. The van der Waals surface area contributed by atoms with Gasteiger partial charge in [-0.3, -0.25) is 0 Å². The summed E-state index contributed by atoms with van der Waals surface area (Å²) in [4.78, 5) is 4.82. The van der Waals surface area contributed by atoms with Crippen LogP contribution in [0.15, 0.2) is 30.3 Å². The number of alkyl halides is 1. The Bertz CT molecular complexity index is 651. The molecular formula is C18H24INO. The second-order valence-corrected chi connectivity index (χ2v) is 10.1. The van der Waals surface area contributed by atoms with Gasteiger partial charge in [0.1, 0.15) is 5.75 Å². The van der Waals surface area contributed by atoms with Crippen LogP contribution >= 0.6 is 22.6 Å². The molecule has 0 aliphatic rings. The number of benzene rings is 1. The molecule has 0 aliphatic heterocycles. The van der Waals surface area contributed by atoms with Crippen molar-refractivity contribution in [3.63, 3.8) is 0 Å². The molecule has 3 heteroatoms. The van der Waals surface area contributed by atoms with Gasteiger partial charge in [-0.25, -0.2) is 4.98 Å². The number of rotatable bonds is 2. The fraction of sp³-hybridized carbons (Fsp3) is 0.500. The number of aromatic nitrogens is 1. The van der Waals surface area contributed by atoms with Crippen molar-refractivity contribution in [3.05, 3.63) is 36.0 Å². The lowest BCUT2D eigenvalue weighted by atomic mass is 9.59. The molecule has 21 heavy (non-hydrogen) atoms. The van der Waals surface area contributed by atoms with Crippen LogP contribution in [0.5, 0.6) is 5.75 Å². The highest BCUT2D eigenvalue weighted by Gasteiger charge is 2.51. The minimum atomic E-state index is -0.269. The maximum absolute atomic E-state index is 10.6. The predicted molar refractivity (Wildman–Crippen MR) is 98.3 cm³/mol. The van der Waals surface area contributed by atoms with E-state index in [0.717, 1.165) is 16.6 Å². The van der Waals surface area contributed by atoms with Crippen molar-refractivity contribution < 1.29 is 5.11 Å². The predicted octanol–water partition coefficient (Wildman–Crippen LogP) is 5.46. The summed E-state index contributed by atoms with van der Waals surface area (Å²) in [6, 6.07) is 9.77. The zero-order valence-electron chi connectivity index (χ0n) is 13.7. The third kappa shape index (κ3) is 2.65. The van der Waals surface area contributed by atoms with Crippen LogP contribution in [-0.2, 0) is 5.41 Å². The topological polar surface area (TPSA) is 33.1 Å². The molecule has 1 N–H and O–H groups in total. The molecule has 0 bridgehead atoms. The highest BCUT2D eigenvalue weighted by atomic mass is 127. The molecule has 1 heterocycles. The van der Waals surface area contributed by atoms with Gasteiger partial charge in [-0.2, -0.15) is 0 Å². The molecule has 0 saturated carbocycles. The van der Waals surface area contributed by atoms with Gasteiger partial charge in [0.15, 0.2) is 0 Å². The molecule has 0 amide bonds. The third-order valence-corrected chi connectivity index (χ3v) is 5.95. The number of pyridine rings is 1. The minimum absolute atomic E-state index is 0.0371. The highest BCUT2D eigenvalue weighted by molar-refractivity contribution is 14.1. The van der Waals surface area contributed by atoms with Crippen molar-refractivity contribution in [1.82, 2.24) is 4.98 Å². The molecule has 2 nitrogen and oxygen atoms in total. The van der Waals surface area contributed by atoms with Crippen molar-refractivity contribution in [1.29, 1.82) is 0 Å². The van der Waals surface area contributed by atoms with Crippen LogP contribution in [-0.4, -0.2) is 13.5 Å². The lowest BCUT2D eigenvalue weighted by Crippen LogP contribution is -2.50. The van der Waals surface area contributed by atoms with E-state index in [1.165, 1.54) is 0 Å². The summed E-state index contributed by atoms with van der Waals surface area (Å²) in [5.74, 6) is 0.288. The van der Waals surface area contributed by atoms with Gasteiger partial charge in [-0.15, -0.1) is 0 Å². The van der Waals surface area contributed by atoms with E-state index in [1.54, 1.807) is 0 Å². The summed E-state index contributed by atoms with van der Waals surface area (Å²) in [6.45, 7) is 13.2. The Hall–Kier alpha value is -0.840. The zero-order valence-corrected chi connectivity index (χ0v) is 15.8. The van der Waals surface area contributed by atoms with Crippen LogP contribution in [0.1, 0.15) is 47.2 Å². The molecule has 1 aromatic carbocycles. The first-order valence-corrected chi connectivity index (χ1v) is 8.34. The molecule has 0 spiro atoms. The fourth-order valence-electron chi connectivity index (χ4n) is 3.00. The largest absolute Gasteiger partial charge is 0.506 e. The van der Waals surface area contributed by atoms with E-state index in [0.29, 0.717) is 0 Å². The number of halogens is 1. The van der Waals surface area contributed by atoms with E-state index >= 15 is 0 Å². The van der Waals surface area contributed by atoms with E-state index in [4.69, 9.17) is 4.98 Å². The van der Waals surface area contributed by atoms with Crippen molar-refractivity contribution >= 4 is 33.5 Å². The van der Waals surface area contributed by atoms with Crippen LogP contribution < -0.4 is 0 Å². The Morgan fingerprint density at radius 2 is 1.57 bits per heavy atom. The number of fused-ring (bicyclic) bond motifs is 1. The molecular weight excluding hydrogens is 373 g/mol. The Labute approximate surface area is 141 Å². The van der Waals surface area contributed by atoms with E-state index in [2.05, 4.69) is 64.1 Å². The first kappa shape index (κ1) is 16.5. The van der Waals surface area contributed by atoms with Crippen LogP contribution in [0, 0.1) is 5.41 Å². The smallest absolute Gasteiger partial charge is 0.138 e. The molecule has 1 atom stereocenters. The SMILES string of the molecule is CC(C)(C)[C@@](C)(c1nc2ccccc2cc1O)C(C)(C)I. The minimum Gasteiger partial charge on any atom is -0.506 e. The summed E-state index contributed by atoms with van der Waals surface area (Å²) in [6.07, 6.45) is 0. The summed E-state index contributed by atoms with van der Waals surface area (Å²) >= 11 is 2.47. The van der Waals surface area contributed by atoms with Gasteiger partial charge >= 0.3 is 0 Å². The number of para-hydroxylation sites is 1. The second-order valence-electron chi connectivity index (χ2n) is 7.40. The highest BCUT2D eigenvalue weighted by Crippen LogP contribution is 2.54. The van der Waals surface area contributed by atoms with E-state index < -0.39 is 0 Å². The van der Waals surface area contributed by atoms with Gasteiger partial charge in [-0.05, 0) is 31.4 Å². The first-order chi connectivity index (χ1) is 9.48. The Morgan fingerprint density at radius 1 is 1.00 bits per heavy atom. The quantitative estimate of drug-likeness (QED) is 0.540. The first-order valence-electron chi connectivity index (χ1n) is 7.26. The summed E-state index contributed by atoms with van der Waals surface area (Å²) in [5.41, 5.74) is 1.41. The Kier molecular flexibility index (Phi) is 4.02. The molecule has 1 aromatic heterocycles. The Balaban J connectivity index is 2.81. The van der Waals surface area contributed by atoms with Gasteiger partial charge in [0.05, 0.1) is 11.2 Å². The molecule has 0 unspecified atom stereocenters. The number of hydrogen-bond acceptors (Lipinski definition) is 2. The van der Waals surface area contributed by atoms with Crippen molar-refractivity contribution in [2.45, 2.75) is 50.4 Å². The molecule has 0 aliphatic carbocycles. The molecule has 0 radical (unpaired) electrons. The maximum Gasteiger partial charge on any atom is 0.138 e. The zero-order chi connectivity index (χ0) is 16.1. The normalized spacial score (nSPS) is 16.0. The van der Waals surface area contributed by atoms with Gasteiger partial charge in [0, 0.05) is 14.2 Å². The molecule has 2 rings (SSSR count). The lowest BCUT2D eigenvalue weighted by Gasteiger charge is -2.50. The summed E-state index contributed by atoms with van der Waals surface area (Å²) in [7, 11) is 0. The van der Waals surface area contributed by atoms with Crippen LogP contribution in [0.3, 0.4) is 0 Å². The maximum atomic E-state index is 10.6. The molecule has 2 aromatic rings. The summed E-state index contributed by atoms with van der Waals surface area (Å²) in [5, 5.41) is 11.6. The third-order valence-electron chi connectivity index (χ3n) is 4.87. The second kappa shape index (κ2) is 5.11. The van der Waals surface area contributed by atoms with Crippen LogP contribution in [0.25, 0.3) is 10.9 Å². The van der Waals surface area contributed by atoms with Gasteiger partial charge in [0.25, 0.3) is 0 Å². The van der Waals surface area contributed by atoms with Gasteiger partial charge in [0.2, 0.25) is 0 Å². The molecule has 114 valence electrons. The lowest BCUT2D eigenvalue weighted by molar-refractivity contribution is 0.160. The number of hydrogen-bond donors (Lipinski definition) is 1. The van der Waals surface area contributed by atoms with Gasteiger partial charge in [-0.1, -0.05) is 68.5 Å². The fourth-order valence-corrected chi connectivity index (χ4v) is 4.07. The van der Waals surface area contributed by atoms with E-state index in [1.807, 2.05) is 30.3 Å². The summed E-state index contributed by atoms with van der Waals surface area (Å²) < 4.78 is -0.0596. The van der Waals surface area contributed by atoms with Crippen molar-refractivity contribution in [3.8, 4) is 5.75 Å². The number of nitrogens with zero attached hydrogens (tertiary/aromatic N) is 1. The van der Waals surface area contributed by atoms with Crippen LogP contribution in [0.2, 0.25) is 0 Å². The Morgan fingerprint density at radius 3 is 2.10 bits per heavy atom. The molecule has 0 saturated heterocycles. The average Bonchev–Trinajstić information content (AvgIpc) is 2.34. The average molecular weight is 397 g/mol. The standard InChI is InChI=1S/C18H24INO/c1-16(2,3)18(6,17(4,5)19)15-14(21)11-12-9-7-8-10-13(12)20-15/h7-11,21H,1-6H3/t18-/m1/s1. The van der Waals surface area contributed by atoms with Gasteiger partial charge < -0.3 is 5.11 Å². The molecule has 0 fully saturated rings. The van der Waals surface area contributed by atoms with Crippen molar-refractivity contribution in [2.75, 3.05) is 0 Å². The van der Waals surface area contributed by atoms with Crippen molar-refractivity contribution in [2.24, 2.45) is 5.41 Å². The monoisotopic (exact) mass is 397 g/mol. The van der Waals surface area contributed by atoms with Crippen LogP contribution in [0.4, 0.5) is 0 Å².